The molecule has 2 unspecified atom stereocenters. The minimum atomic E-state index is -0.801. The van der Waals surface area contributed by atoms with E-state index in [-0.39, 0.29) is 5.92 Å². The smallest absolute Gasteiger partial charge is 0.134 e. The lowest BCUT2D eigenvalue weighted by Gasteiger charge is -2.11. The summed E-state index contributed by atoms with van der Waals surface area (Å²) in [4.78, 5) is 0. The Morgan fingerprint density at radius 1 is 1.50 bits per heavy atom. The number of aryl methyl sites for hydroxylation is 1. The van der Waals surface area contributed by atoms with E-state index in [2.05, 4.69) is 6.07 Å². The minimum Gasteiger partial charge on any atom is -0.463 e. The van der Waals surface area contributed by atoms with Crippen molar-refractivity contribution in [2.24, 2.45) is 5.92 Å². The Morgan fingerprint density at radius 3 is 2.64 bits per heavy atom. The molecule has 0 aliphatic rings. The van der Waals surface area contributed by atoms with Gasteiger partial charge >= 0.3 is 0 Å². The molecule has 3 heteroatoms. The lowest BCUT2D eigenvalue weighted by molar-refractivity contribution is 0.107. The highest BCUT2D eigenvalue weighted by molar-refractivity contribution is 5.11. The van der Waals surface area contributed by atoms with Crippen molar-refractivity contribution in [1.29, 1.82) is 5.26 Å². The fraction of sp³-hybridized carbons (Fsp3) is 0.545. The second-order valence-corrected chi connectivity index (χ2v) is 3.25. The van der Waals surface area contributed by atoms with Gasteiger partial charge in [-0.15, -0.1) is 0 Å². The summed E-state index contributed by atoms with van der Waals surface area (Å²) in [6, 6.07) is 5.64. The summed E-state index contributed by atoms with van der Waals surface area (Å²) in [5, 5.41) is 18.5. The highest BCUT2D eigenvalue weighted by atomic mass is 16.4. The summed E-state index contributed by atoms with van der Waals surface area (Å²) in [5.41, 5.74) is 0. The van der Waals surface area contributed by atoms with Crippen LogP contribution in [0.4, 0.5) is 0 Å². The summed E-state index contributed by atoms with van der Waals surface area (Å²) in [7, 11) is 0. The Morgan fingerprint density at radius 2 is 2.21 bits per heavy atom. The molecule has 0 aliphatic carbocycles. The van der Waals surface area contributed by atoms with Gasteiger partial charge in [0.25, 0.3) is 0 Å². The SMILES string of the molecule is CCc1ccc(C(O)C(C#N)CC)o1. The van der Waals surface area contributed by atoms with E-state index in [1.54, 1.807) is 6.07 Å². The molecule has 0 bridgehead atoms. The van der Waals surface area contributed by atoms with Crippen LogP contribution in [-0.2, 0) is 6.42 Å². The molecule has 1 aromatic rings. The number of nitriles is 1. The second-order valence-electron chi connectivity index (χ2n) is 3.25. The van der Waals surface area contributed by atoms with Crippen molar-refractivity contribution in [2.45, 2.75) is 32.8 Å². The fourth-order valence-electron chi connectivity index (χ4n) is 1.33. The third-order valence-electron chi connectivity index (χ3n) is 2.31. The highest BCUT2D eigenvalue weighted by Crippen LogP contribution is 2.25. The van der Waals surface area contributed by atoms with Gasteiger partial charge in [-0.05, 0) is 18.6 Å². The van der Waals surface area contributed by atoms with Crippen molar-refractivity contribution in [1.82, 2.24) is 0 Å². The third-order valence-corrected chi connectivity index (χ3v) is 2.31. The molecular formula is C11H15NO2. The topological polar surface area (TPSA) is 57.2 Å². The molecule has 0 saturated heterocycles. The predicted molar refractivity (Wildman–Crippen MR) is 52.4 cm³/mol. The molecule has 1 heterocycles. The van der Waals surface area contributed by atoms with E-state index in [1.165, 1.54) is 0 Å². The molecule has 0 spiro atoms. The van der Waals surface area contributed by atoms with E-state index in [9.17, 15) is 5.11 Å². The number of hydrogen-bond acceptors (Lipinski definition) is 3. The van der Waals surface area contributed by atoms with E-state index in [0.29, 0.717) is 12.2 Å². The lowest BCUT2D eigenvalue weighted by Crippen LogP contribution is -2.08. The summed E-state index contributed by atoms with van der Waals surface area (Å²) >= 11 is 0. The molecule has 1 aromatic heterocycles. The van der Waals surface area contributed by atoms with Crippen LogP contribution in [0.2, 0.25) is 0 Å². The van der Waals surface area contributed by atoms with Crippen LogP contribution in [0.15, 0.2) is 16.5 Å². The summed E-state index contributed by atoms with van der Waals surface area (Å²) in [6.07, 6.45) is 0.626. The average molecular weight is 193 g/mol. The summed E-state index contributed by atoms with van der Waals surface area (Å²) in [6.45, 7) is 3.86. The van der Waals surface area contributed by atoms with Crippen molar-refractivity contribution in [3.8, 4) is 6.07 Å². The van der Waals surface area contributed by atoms with Gasteiger partial charge < -0.3 is 9.52 Å². The molecule has 1 N–H and O–H groups in total. The molecule has 14 heavy (non-hydrogen) atoms. The van der Waals surface area contributed by atoms with Crippen molar-refractivity contribution in [3.05, 3.63) is 23.7 Å². The maximum atomic E-state index is 9.77. The average Bonchev–Trinajstić information content (AvgIpc) is 2.67. The molecule has 0 saturated carbocycles. The second kappa shape index (κ2) is 4.83. The number of aliphatic hydroxyl groups excluding tert-OH is 1. The first-order chi connectivity index (χ1) is 6.72. The van der Waals surface area contributed by atoms with E-state index >= 15 is 0 Å². The van der Waals surface area contributed by atoms with Gasteiger partial charge in [-0.2, -0.15) is 5.26 Å². The third kappa shape index (κ3) is 2.15. The molecule has 3 nitrogen and oxygen atoms in total. The van der Waals surface area contributed by atoms with E-state index in [4.69, 9.17) is 9.68 Å². The first-order valence-corrected chi connectivity index (χ1v) is 4.89. The van der Waals surface area contributed by atoms with Crippen LogP contribution in [0.5, 0.6) is 0 Å². The maximum Gasteiger partial charge on any atom is 0.134 e. The van der Waals surface area contributed by atoms with Crippen LogP contribution in [0.1, 0.15) is 37.9 Å². The van der Waals surface area contributed by atoms with Crippen LogP contribution in [0, 0.1) is 17.2 Å². The Labute approximate surface area is 84.0 Å². The van der Waals surface area contributed by atoms with E-state index in [0.717, 1.165) is 12.2 Å². The maximum absolute atomic E-state index is 9.77. The zero-order valence-electron chi connectivity index (χ0n) is 8.53. The standard InChI is InChI=1S/C11H15NO2/c1-3-8(7-12)11(13)10-6-5-9(4-2)14-10/h5-6,8,11,13H,3-4H2,1-2H3. The quantitative estimate of drug-likeness (QED) is 0.798. The van der Waals surface area contributed by atoms with Gasteiger partial charge in [0.2, 0.25) is 0 Å². The largest absolute Gasteiger partial charge is 0.463 e. The number of furan rings is 1. The number of nitrogens with zero attached hydrogens (tertiary/aromatic N) is 1. The zero-order chi connectivity index (χ0) is 10.6. The van der Waals surface area contributed by atoms with Crippen molar-refractivity contribution >= 4 is 0 Å². The molecule has 2 atom stereocenters. The van der Waals surface area contributed by atoms with Crippen LogP contribution < -0.4 is 0 Å². The van der Waals surface area contributed by atoms with Gasteiger partial charge in [-0.25, -0.2) is 0 Å². The van der Waals surface area contributed by atoms with Gasteiger partial charge in [0.15, 0.2) is 0 Å². The molecule has 0 amide bonds. The van der Waals surface area contributed by atoms with Crippen molar-refractivity contribution < 1.29 is 9.52 Å². The molecule has 76 valence electrons. The van der Waals surface area contributed by atoms with Crippen molar-refractivity contribution in [3.63, 3.8) is 0 Å². The Balaban J connectivity index is 2.78. The Hall–Kier alpha value is -1.27. The normalized spacial score (nSPS) is 14.7. The molecule has 0 radical (unpaired) electrons. The van der Waals surface area contributed by atoms with E-state index in [1.807, 2.05) is 19.9 Å². The fourth-order valence-corrected chi connectivity index (χ4v) is 1.33. The molecule has 0 fully saturated rings. The van der Waals surface area contributed by atoms with Crippen LogP contribution >= 0.6 is 0 Å². The number of aliphatic hydroxyl groups is 1. The monoisotopic (exact) mass is 193 g/mol. The van der Waals surface area contributed by atoms with Gasteiger partial charge in [0.1, 0.15) is 17.6 Å². The summed E-state index contributed by atoms with van der Waals surface area (Å²) < 4.78 is 5.38. The number of rotatable bonds is 4. The Bertz CT molecular complexity index is 324. The van der Waals surface area contributed by atoms with Crippen molar-refractivity contribution in [2.75, 3.05) is 0 Å². The lowest BCUT2D eigenvalue weighted by atomic mass is 10.00. The van der Waals surface area contributed by atoms with Crippen LogP contribution in [0.25, 0.3) is 0 Å². The molecular weight excluding hydrogens is 178 g/mol. The van der Waals surface area contributed by atoms with Gasteiger partial charge in [-0.1, -0.05) is 13.8 Å². The minimum absolute atomic E-state index is 0.383. The first kappa shape index (κ1) is 10.8. The molecule has 0 aliphatic heterocycles. The highest BCUT2D eigenvalue weighted by Gasteiger charge is 2.21. The van der Waals surface area contributed by atoms with Gasteiger partial charge in [-0.3, -0.25) is 0 Å². The molecule has 1 rings (SSSR count). The summed E-state index contributed by atoms with van der Waals surface area (Å²) in [5.74, 6) is 0.952. The molecule has 0 aromatic carbocycles. The first-order valence-electron chi connectivity index (χ1n) is 4.89. The van der Waals surface area contributed by atoms with E-state index < -0.39 is 6.10 Å². The van der Waals surface area contributed by atoms with Gasteiger partial charge in [0, 0.05) is 6.42 Å². The van der Waals surface area contributed by atoms with Crippen LogP contribution in [0.3, 0.4) is 0 Å². The predicted octanol–water partition coefficient (Wildman–Crippen LogP) is 2.43. The Kier molecular flexibility index (Phi) is 3.73. The zero-order valence-corrected chi connectivity index (χ0v) is 8.53. The van der Waals surface area contributed by atoms with Crippen LogP contribution in [-0.4, -0.2) is 5.11 Å². The van der Waals surface area contributed by atoms with Gasteiger partial charge in [0.05, 0.1) is 12.0 Å². The number of hydrogen-bond donors (Lipinski definition) is 1.